The number of ether oxygens (including phenoxy) is 3. The van der Waals surface area contributed by atoms with Crippen molar-refractivity contribution >= 4 is 23.5 Å². The zero-order valence-corrected chi connectivity index (χ0v) is 15.3. The molecule has 0 atom stereocenters. The first-order valence-corrected chi connectivity index (χ1v) is 8.06. The van der Waals surface area contributed by atoms with Crippen LogP contribution in [0.3, 0.4) is 0 Å². The molecule has 134 valence electrons. The van der Waals surface area contributed by atoms with Crippen LogP contribution in [0.5, 0.6) is 5.75 Å². The molecule has 0 fully saturated rings. The molecule has 0 radical (unpaired) electrons. The molecule has 0 saturated heterocycles. The van der Waals surface area contributed by atoms with Crippen molar-refractivity contribution in [2.75, 3.05) is 20.3 Å². The molecule has 2 rings (SSSR count). The summed E-state index contributed by atoms with van der Waals surface area (Å²) in [6.07, 6.45) is 0. The second kappa shape index (κ2) is 8.18. The number of aromatic nitrogens is 1. The fourth-order valence-corrected chi connectivity index (χ4v) is 2.66. The lowest BCUT2D eigenvalue weighted by atomic mass is 10.1. The van der Waals surface area contributed by atoms with Crippen molar-refractivity contribution in [2.24, 2.45) is 0 Å². The second-order valence-corrected chi connectivity index (χ2v) is 5.99. The van der Waals surface area contributed by atoms with E-state index in [-0.39, 0.29) is 12.3 Å². The summed E-state index contributed by atoms with van der Waals surface area (Å²) < 4.78 is 15.4. The number of aromatic amines is 1. The third kappa shape index (κ3) is 4.41. The van der Waals surface area contributed by atoms with Gasteiger partial charge in [0.05, 0.1) is 12.2 Å². The van der Waals surface area contributed by atoms with Crippen molar-refractivity contribution in [3.8, 4) is 5.75 Å². The number of carbonyl (C=O) groups is 2. The number of hydrogen-bond donors (Lipinski definition) is 1. The van der Waals surface area contributed by atoms with Crippen LogP contribution in [-0.2, 0) is 9.47 Å². The largest absolute Gasteiger partial charge is 0.460 e. The third-order valence-electron chi connectivity index (χ3n) is 3.71. The summed E-state index contributed by atoms with van der Waals surface area (Å²) in [6.45, 7) is 5.61. The molecule has 1 aromatic heterocycles. The normalized spacial score (nSPS) is 10.6. The van der Waals surface area contributed by atoms with Gasteiger partial charge in [-0.05, 0) is 50.1 Å². The van der Waals surface area contributed by atoms with Gasteiger partial charge in [0.25, 0.3) is 0 Å². The highest BCUT2D eigenvalue weighted by Gasteiger charge is 2.24. The Labute approximate surface area is 151 Å². The van der Waals surface area contributed by atoms with Crippen LogP contribution in [0.4, 0.5) is 0 Å². The van der Waals surface area contributed by atoms with E-state index in [1.165, 1.54) is 7.11 Å². The lowest BCUT2D eigenvalue weighted by Gasteiger charge is -2.07. The molecule has 2 aromatic rings. The van der Waals surface area contributed by atoms with E-state index in [0.29, 0.717) is 34.2 Å². The average Bonchev–Trinajstić information content (AvgIpc) is 2.85. The number of rotatable bonds is 6. The van der Waals surface area contributed by atoms with Gasteiger partial charge in [-0.3, -0.25) is 0 Å². The highest BCUT2D eigenvalue weighted by atomic mass is 35.5. The van der Waals surface area contributed by atoms with Crippen molar-refractivity contribution in [1.29, 1.82) is 0 Å². The van der Waals surface area contributed by atoms with Crippen LogP contribution in [0.2, 0.25) is 5.02 Å². The van der Waals surface area contributed by atoms with Gasteiger partial charge < -0.3 is 19.2 Å². The summed E-state index contributed by atoms with van der Waals surface area (Å²) in [5.74, 6) is -0.683. The molecule has 0 unspecified atom stereocenters. The number of nitrogens with one attached hydrogen (secondary N) is 1. The summed E-state index contributed by atoms with van der Waals surface area (Å²) in [7, 11) is 1.52. The molecule has 0 aliphatic heterocycles. The molecular weight excluding hydrogens is 346 g/mol. The molecule has 0 bridgehead atoms. The Morgan fingerprint density at radius 1 is 1.12 bits per heavy atom. The maximum atomic E-state index is 12.5. The maximum Gasteiger partial charge on any atom is 0.360 e. The second-order valence-electron chi connectivity index (χ2n) is 5.55. The monoisotopic (exact) mass is 365 g/mol. The highest BCUT2D eigenvalue weighted by Crippen LogP contribution is 2.25. The van der Waals surface area contributed by atoms with Crippen molar-refractivity contribution in [3.05, 3.63) is 51.3 Å². The van der Waals surface area contributed by atoms with E-state index in [0.717, 1.165) is 5.56 Å². The molecule has 0 amide bonds. The molecule has 25 heavy (non-hydrogen) atoms. The van der Waals surface area contributed by atoms with Crippen molar-refractivity contribution in [1.82, 2.24) is 4.98 Å². The number of hydrogen-bond acceptors (Lipinski definition) is 5. The van der Waals surface area contributed by atoms with Crippen LogP contribution in [0.25, 0.3) is 0 Å². The molecule has 7 heteroatoms. The molecule has 6 nitrogen and oxygen atoms in total. The standard InChI is InChI=1S/C18H20ClNO5/c1-10-9-13(19)5-6-14(10)25-18(22)16-11(2)15(12(3)20-16)17(21)24-8-7-23-4/h5-6,9,20H,7-8H2,1-4H3. The number of aryl methyl sites for hydroxylation is 2. The lowest BCUT2D eigenvalue weighted by molar-refractivity contribution is 0.0387. The third-order valence-corrected chi connectivity index (χ3v) is 3.94. The van der Waals surface area contributed by atoms with Gasteiger partial charge in [-0.1, -0.05) is 11.6 Å². The first-order valence-electron chi connectivity index (χ1n) is 7.68. The summed E-state index contributed by atoms with van der Waals surface area (Å²) in [4.78, 5) is 27.5. The van der Waals surface area contributed by atoms with E-state index < -0.39 is 11.9 Å². The first kappa shape index (κ1) is 19.0. The van der Waals surface area contributed by atoms with E-state index in [4.69, 9.17) is 25.8 Å². The van der Waals surface area contributed by atoms with Crippen LogP contribution >= 0.6 is 11.6 Å². The predicted molar refractivity (Wildman–Crippen MR) is 93.6 cm³/mol. The van der Waals surface area contributed by atoms with Gasteiger partial charge in [0, 0.05) is 17.8 Å². The van der Waals surface area contributed by atoms with Gasteiger partial charge in [0.15, 0.2) is 0 Å². The Bertz CT molecular complexity index is 797. The van der Waals surface area contributed by atoms with Crippen molar-refractivity contribution in [2.45, 2.75) is 20.8 Å². The van der Waals surface area contributed by atoms with Gasteiger partial charge in [-0.2, -0.15) is 0 Å². The Hall–Kier alpha value is -2.31. The van der Waals surface area contributed by atoms with Crippen LogP contribution in [0.15, 0.2) is 18.2 Å². The molecule has 0 saturated carbocycles. The summed E-state index contributed by atoms with van der Waals surface area (Å²) in [5, 5.41) is 0.560. The molecule has 0 aliphatic carbocycles. The molecular formula is C18H20ClNO5. The number of esters is 2. The minimum Gasteiger partial charge on any atom is -0.460 e. The van der Waals surface area contributed by atoms with Crippen molar-refractivity contribution in [3.63, 3.8) is 0 Å². The van der Waals surface area contributed by atoms with Gasteiger partial charge in [0.1, 0.15) is 18.1 Å². The zero-order valence-electron chi connectivity index (χ0n) is 14.6. The Kier molecular flexibility index (Phi) is 6.22. The maximum absolute atomic E-state index is 12.5. The molecule has 0 spiro atoms. The van der Waals surface area contributed by atoms with Gasteiger partial charge in [-0.15, -0.1) is 0 Å². The number of halogens is 1. The smallest absolute Gasteiger partial charge is 0.360 e. The minimum absolute atomic E-state index is 0.142. The first-order chi connectivity index (χ1) is 11.8. The van der Waals surface area contributed by atoms with E-state index in [1.807, 2.05) is 0 Å². The van der Waals surface area contributed by atoms with Gasteiger partial charge in [0.2, 0.25) is 0 Å². The summed E-state index contributed by atoms with van der Waals surface area (Å²) in [6, 6.07) is 4.97. The zero-order chi connectivity index (χ0) is 18.6. The fraction of sp³-hybridized carbons (Fsp3) is 0.333. The Morgan fingerprint density at radius 2 is 1.84 bits per heavy atom. The van der Waals surface area contributed by atoms with Gasteiger partial charge in [-0.25, -0.2) is 9.59 Å². The van der Waals surface area contributed by atoms with E-state index >= 15 is 0 Å². The quantitative estimate of drug-likeness (QED) is 0.480. The number of methoxy groups -OCH3 is 1. The highest BCUT2D eigenvalue weighted by molar-refractivity contribution is 6.30. The summed E-state index contributed by atoms with van der Waals surface area (Å²) in [5.41, 5.74) is 2.30. The lowest BCUT2D eigenvalue weighted by Crippen LogP contribution is -2.13. The van der Waals surface area contributed by atoms with Crippen LogP contribution in [-0.4, -0.2) is 37.2 Å². The molecule has 0 aliphatic rings. The topological polar surface area (TPSA) is 77.6 Å². The number of carbonyl (C=O) groups excluding carboxylic acids is 2. The Morgan fingerprint density at radius 3 is 2.48 bits per heavy atom. The Balaban J connectivity index is 2.20. The fourth-order valence-electron chi connectivity index (χ4n) is 2.43. The predicted octanol–water partition coefficient (Wildman–Crippen LogP) is 3.62. The molecule has 1 aromatic carbocycles. The van der Waals surface area contributed by atoms with Crippen molar-refractivity contribution < 1.29 is 23.8 Å². The minimum atomic E-state index is -0.582. The number of benzene rings is 1. The van der Waals surface area contributed by atoms with E-state index in [9.17, 15) is 9.59 Å². The SMILES string of the molecule is COCCOC(=O)c1c(C)[nH]c(C(=O)Oc2ccc(Cl)cc2C)c1C. The van der Waals surface area contributed by atoms with Gasteiger partial charge >= 0.3 is 11.9 Å². The molecule has 1 heterocycles. The molecule has 1 N–H and O–H groups in total. The van der Waals surface area contributed by atoms with E-state index in [1.54, 1.807) is 39.0 Å². The summed E-state index contributed by atoms with van der Waals surface area (Å²) >= 11 is 5.90. The number of H-pyrrole nitrogens is 1. The van der Waals surface area contributed by atoms with E-state index in [2.05, 4.69) is 4.98 Å². The van der Waals surface area contributed by atoms with Crippen LogP contribution < -0.4 is 4.74 Å². The van der Waals surface area contributed by atoms with Crippen LogP contribution in [0.1, 0.15) is 37.7 Å². The average molecular weight is 366 g/mol. The van der Waals surface area contributed by atoms with Crippen LogP contribution in [0, 0.1) is 20.8 Å².